The number of fused-ring (bicyclic) bond motifs is 1. The monoisotopic (exact) mass is 477 g/mol. The average Bonchev–Trinajstić information content (AvgIpc) is 3.39. The number of amides is 1. The summed E-state index contributed by atoms with van der Waals surface area (Å²) in [4.78, 5) is 19.2. The van der Waals surface area contributed by atoms with Gasteiger partial charge in [-0.1, -0.05) is 11.6 Å². The smallest absolute Gasteiger partial charge is 0.240 e. The number of ether oxygens (including phenoxy) is 1. The average molecular weight is 478 g/mol. The van der Waals surface area contributed by atoms with E-state index in [0.29, 0.717) is 36.0 Å². The topological polar surface area (TPSA) is 88.6 Å². The highest BCUT2D eigenvalue weighted by molar-refractivity contribution is 7.89. The highest BCUT2D eigenvalue weighted by atomic mass is 35.5. The Hall–Kier alpha value is -2.46. The predicted molar refractivity (Wildman–Crippen MR) is 120 cm³/mol. The lowest BCUT2D eigenvalue weighted by atomic mass is 10.2. The number of nitrogens with one attached hydrogen (secondary N) is 1. The Morgan fingerprint density at radius 3 is 2.77 bits per heavy atom. The van der Waals surface area contributed by atoms with Crippen molar-refractivity contribution in [2.75, 3.05) is 18.5 Å². The zero-order valence-corrected chi connectivity index (χ0v) is 19.1. The van der Waals surface area contributed by atoms with Crippen LogP contribution in [0.2, 0.25) is 5.02 Å². The van der Waals surface area contributed by atoms with Gasteiger partial charge in [0.15, 0.2) is 0 Å². The summed E-state index contributed by atoms with van der Waals surface area (Å²) >= 11 is 7.31. The summed E-state index contributed by atoms with van der Waals surface area (Å²) < 4.78 is 32.0. The van der Waals surface area contributed by atoms with Crippen LogP contribution in [0.15, 0.2) is 52.7 Å². The van der Waals surface area contributed by atoms with Crippen LogP contribution >= 0.6 is 22.9 Å². The molecule has 0 radical (unpaired) electrons. The number of hydrogen-bond donors (Lipinski definition) is 1. The number of thiazole rings is 1. The number of nitrogens with zero attached hydrogens (tertiary/aromatic N) is 2. The number of hydrogen-bond acceptors (Lipinski definition) is 6. The van der Waals surface area contributed by atoms with Gasteiger partial charge in [0.2, 0.25) is 15.9 Å². The molecule has 1 aliphatic heterocycles. The van der Waals surface area contributed by atoms with E-state index in [-0.39, 0.29) is 17.2 Å². The first-order chi connectivity index (χ1) is 14.9. The molecule has 2 aromatic carbocycles. The summed E-state index contributed by atoms with van der Waals surface area (Å²) in [5.74, 6) is 0.629. The number of halogens is 1. The van der Waals surface area contributed by atoms with Crippen LogP contribution in [0.4, 0.5) is 5.69 Å². The lowest BCUT2D eigenvalue weighted by Gasteiger charge is -2.17. The maximum atomic E-state index is 12.9. The Kier molecular flexibility index (Phi) is 6.29. The molecule has 1 amide bonds. The molecule has 1 aliphatic rings. The molecule has 1 N–H and O–H groups in total. The van der Waals surface area contributed by atoms with Gasteiger partial charge in [-0.25, -0.2) is 18.1 Å². The van der Waals surface area contributed by atoms with E-state index in [2.05, 4.69) is 9.71 Å². The van der Waals surface area contributed by atoms with E-state index in [1.807, 2.05) is 5.38 Å². The first kappa shape index (κ1) is 21.8. The molecule has 0 saturated carbocycles. The molecular weight excluding hydrogens is 458 g/mol. The van der Waals surface area contributed by atoms with E-state index < -0.39 is 10.0 Å². The Labute approximate surface area is 189 Å². The zero-order chi connectivity index (χ0) is 22.0. The second kappa shape index (κ2) is 8.96. The van der Waals surface area contributed by atoms with Gasteiger partial charge in [-0.05, 0) is 61.5 Å². The first-order valence-electron chi connectivity index (χ1n) is 9.54. The molecule has 4 rings (SSSR count). The summed E-state index contributed by atoms with van der Waals surface area (Å²) in [5, 5.41) is 3.28. The van der Waals surface area contributed by atoms with Gasteiger partial charge in [0.25, 0.3) is 0 Å². The van der Waals surface area contributed by atoms with Gasteiger partial charge in [0.05, 0.1) is 17.0 Å². The molecule has 0 atom stereocenters. The molecule has 3 aromatic rings. The Morgan fingerprint density at radius 1 is 1.26 bits per heavy atom. The largest absolute Gasteiger partial charge is 0.486 e. The third-order valence-corrected chi connectivity index (χ3v) is 7.47. The first-order valence-corrected chi connectivity index (χ1v) is 12.3. The zero-order valence-electron chi connectivity index (χ0n) is 16.7. The molecule has 7 nitrogen and oxygen atoms in total. The van der Waals surface area contributed by atoms with Crippen molar-refractivity contribution < 1.29 is 17.9 Å². The minimum absolute atomic E-state index is 0.0709. The molecule has 0 bridgehead atoms. The van der Waals surface area contributed by atoms with Gasteiger partial charge in [-0.15, -0.1) is 11.3 Å². The van der Waals surface area contributed by atoms with Gasteiger partial charge in [0, 0.05) is 22.6 Å². The number of rotatable bonds is 7. The standard InChI is InChI=1S/C21H20ClN3O4S2/c1-23-31(27,28)18-6-7-19-14(10-18)8-9-25(19)21(26)11-16-13-30-20(24-16)12-29-17-4-2-15(22)3-5-17/h2-7,10,13,23H,8-9,11-12H2,1H3. The third kappa shape index (κ3) is 4.90. The van der Waals surface area contributed by atoms with Crippen LogP contribution in [0.25, 0.3) is 0 Å². The normalized spacial score (nSPS) is 13.3. The van der Waals surface area contributed by atoms with Crippen molar-refractivity contribution in [1.29, 1.82) is 0 Å². The SMILES string of the molecule is CNS(=O)(=O)c1ccc2c(c1)CCN2C(=O)Cc1csc(COc2ccc(Cl)cc2)n1. The molecule has 10 heteroatoms. The van der Waals surface area contributed by atoms with Crippen LogP contribution in [-0.2, 0) is 34.3 Å². The molecule has 2 heterocycles. The van der Waals surface area contributed by atoms with Crippen molar-refractivity contribution in [3.8, 4) is 5.75 Å². The Balaban J connectivity index is 1.39. The van der Waals surface area contributed by atoms with Crippen LogP contribution in [0.3, 0.4) is 0 Å². The summed E-state index contributed by atoms with van der Waals surface area (Å²) in [6.45, 7) is 0.837. The lowest BCUT2D eigenvalue weighted by molar-refractivity contribution is -0.117. The van der Waals surface area contributed by atoms with Gasteiger partial charge in [0.1, 0.15) is 17.4 Å². The van der Waals surface area contributed by atoms with E-state index in [4.69, 9.17) is 16.3 Å². The predicted octanol–water partition coefficient (Wildman–Crippen LogP) is 3.42. The van der Waals surface area contributed by atoms with Crippen LogP contribution in [0, 0.1) is 0 Å². The molecule has 31 heavy (non-hydrogen) atoms. The molecule has 0 aliphatic carbocycles. The second-order valence-corrected chi connectivity index (χ2v) is 10.2. The van der Waals surface area contributed by atoms with Gasteiger partial charge in [-0.2, -0.15) is 0 Å². The minimum Gasteiger partial charge on any atom is -0.486 e. The minimum atomic E-state index is -3.51. The number of sulfonamides is 1. The fourth-order valence-corrected chi connectivity index (χ4v) is 4.96. The van der Waals surface area contributed by atoms with E-state index >= 15 is 0 Å². The molecule has 162 valence electrons. The van der Waals surface area contributed by atoms with Crippen molar-refractivity contribution in [1.82, 2.24) is 9.71 Å². The van der Waals surface area contributed by atoms with Crippen molar-refractivity contribution in [3.63, 3.8) is 0 Å². The van der Waals surface area contributed by atoms with E-state index in [0.717, 1.165) is 16.3 Å². The quantitative estimate of drug-likeness (QED) is 0.563. The summed E-state index contributed by atoms with van der Waals surface area (Å²) in [6.07, 6.45) is 0.791. The number of carbonyl (C=O) groups excluding carboxylic acids is 1. The van der Waals surface area contributed by atoms with Crippen LogP contribution in [-0.4, -0.2) is 32.9 Å². The fraction of sp³-hybridized carbons (Fsp3) is 0.238. The van der Waals surface area contributed by atoms with Crippen molar-refractivity contribution in [2.24, 2.45) is 0 Å². The molecular formula is C21H20ClN3O4S2. The second-order valence-electron chi connectivity index (χ2n) is 6.95. The molecule has 0 unspecified atom stereocenters. The Morgan fingerprint density at radius 2 is 2.03 bits per heavy atom. The number of anilines is 1. The van der Waals surface area contributed by atoms with Crippen LogP contribution < -0.4 is 14.4 Å². The van der Waals surface area contributed by atoms with Crippen LogP contribution in [0.5, 0.6) is 5.75 Å². The maximum Gasteiger partial charge on any atom is 0.240 e. The highest BCUT2D eigenvalue weighted by Crippen LogP contribution is 2.31. The number of benzene rings is 2. The third-order valence-electron chi connectivity index (χ3n) is 4.93. The molecule has 1 aromatic heterocycles. The fourth-order valence-electron chi connectivity index (χ4n) is 3.34. The van der Waals surface area contributed by atoms with Gasteiger partial charge < -0.3 is 9.64 Å². The van der Waals surface area contributed by atoms with Gasteiger partial charge in [-0.3, -0.25) is 4.79 Å². The van der Waals surface area contributed by atoms with Gasteiger partial charge >= 0.3 is 0 Å². The van der Waals surface area contributed by atoms with E-state index in [9.17, 15) is 13.2 Å². The number of carbonyl (C=O) groups is 1. The summed E-state index contributed by atoms with van der Waals surface area (Å²) in [5.41, 5.74) is 2.29. The lowest BCUT2D eigenvalue weighted by Crippen LogP contribution is -2.30. The Bertz CT molecular complexity index is 1210. The molecule has 0 saturated heterocycles. The maximum absolute atomic E-state index is 12.9. The highest BCUT2D eigenvalue weighted by Gasteiger charge is 2.27. The van der Waals surface area contributed by atoms with E-state index in [1.165, 1.54) is 24.5 Å². The summed E-state index contributed by atoms with van der Waals surface area (Å²) in [6, 6.07) is 11.9. The molecule has 0 spiro atoms. The summed E-state index contributed by atoms with van der Waals surface area (Å²) in [7, 11) is -2.14. The number of aromatic nitrogens is 1. The van der Waals surface area contributed by atoms with Crippen LogP contribution in [0.1, 0.15) is 16.3 Å². The van der Waals surface area contributed by atoms with Crippen molar-refractivity contribution in [3.05, 3.63) is 69.1 Å². The van der Waals surface area contributed by atoms with E-state index in [1.54, 1.807) is 41.3 Å². The van der Waals surface area contributed by atoms with Crippen molar-refractivity contribution in [2.45, 2.75) is 24.3 Å². The molecule has 0 fully saturated rings. The van der Waals surface area contributed by atoms with Crippen molar-refractivity contribution >= 4 is 44.6 Å².